The molecule has 11 heteroatoms. The summed E-state index contributed by atoms with van der Waals surface area (Å²) >= 11 is 6.45. The molecular formula is C28H31ClFN5O3S. The van der Waals surface area contributed by atoms with Gasteiger partial charge in [-0.05, 0) is 42.3 Å². The van der Waals surface area contributed by atoms with Crippen molar-refractivity contribution in [1.29, 1.82) is 0 Å². The van der Waals surface area contributed by atoms with Crippen LogP contribution in [-0.2, 0) is 23.0 Å². The molecule has 3 aromatic carbocycles. The van der Waals surface area contributed by atoms with Crippen LogP contribution in [0, 0.1) is 5.82 Å². The predicted molar refractivity (Wildman–Crippen MR) is 153 cm³/mol. The van der Waals surface area contributed by atoms with Gasteiger partial charge in [-0.2, -0.15) is 4.68 Å². The minimum Gasteiger partial charge on any atom is -0.385 e. The summed E-state index contributed by atoms with van der Waals surface area (Å²) in [6.07, 6.45) is 3.71. The highest BCUT2D eigenvalue weighted by molar-refractivity contribution is 7.89. The van der Waals surface area contributed by atoms with E-state index in [1.165, 1.54) is 27.4 Å². The van der Waals surface area contributed by atoms with Crippen LogP contribution < -0.4 is 16.1 Å². The molecular weight excluding hydrogens is 541 g/mol. The van der Waals surface area contributed by atoms with Crippen LogP contribution in [0.1, 0.15) is 44.5 Å². The van der Waals surface area contributed by atoms with Gasteiger partial charge in [0.05, 0.1) is 22.2 Å². The molecule has 0 fully saturated rings. The number of nitrogens with one attached hydrogen (secondary N) is 1. The molecule has 1 aromatic heterocycles. The number of rotatable bonds is 11. The molecule has 0 aliphatic heterocycles. The van der Waals surface area contributed by atoms with Crippen LogP contribution in [0.25, 0.3) is 16.8 Å². The van der Waals surface area contributed by atoms with Gasteiger partial charge in [0.2, 0.25) is 10.0 Å². The van der Waals surface area contributed by atoms with E-state index in [9.17, 15) is 13.2 Å². The fourth-order valence-corrected chi connectivity index (χ4v) is 5.33. The van der Waals surface area contributed by atoms with Crippen molar-refractivity contribution in [3.8, 4) is 16.8 Å². The van der Waals surface area contributed by atoms with E-state index in [2.05, 4.69) is 17.3 Å². The first kappa shape index (κ1) is 28.5. The average Bonchev–Trinajstić information content (AvgIpc) is 3.23. The fourth-order valence-electron chi connectivity index (χ4n) is 4.37. The SMILES string of the molecule is CCCCCNc1ccc(Cl)c(-n2nc(CC)n(Cc3ccc(-c4ccccc4S(N)(=O)=O)cc3F)c2=O)c1. The molecule has 0 aliphatic carbocycles. The van der Waals surface area contributed by atoms with E-state index in [1.54, 1.807) is 36.4 Å². The van der Waals surface area contributed by atoms with Gasteiger partial charge >= 0.3 is 5.69 Å². The van der Waals surface area contributed by atoms with Crippen LogP contribution in [0.5, 0.6) is 0 Å². The first-order valence-electron chi connectivity index (χ1n) is 12.8. The molecule has 0 aliphatic rings. The van der Waals surface area contributed by atoms with Crippen LogP contribution >= 0.6 is 11.6 Å². The first-order valence-corrected chi connectivity index (χ1v) is 14.7. The zero-order chi connectivity index (χ0) is 28.2. The number of primary sulfonamides is 1. The van der Waals surface area contributed by atoms with Gasteiger partial charge in [0.15, 0.2) is 0 Å². The van der Waals surface area contributed by atoms with Gasteiger partial charge in [-0.15, -0.1) is 5.10 Å². The number of aromatic nitrogens is 3. The zero-order valence-corrected chi connectivity index (χ0v) is 23.4. The number of hydrogen-bond donors (Lipinski definition) is 2. The molecule has 1 heterocycles. The minimum absolute atomic E-state index is 0.0580. The van der Waals surface area contributed by atoms with Gasteiger partial charge < -0.3 is 5.32 Å². The molecule has 3 N–H and O–H groups in total. The molecule has 0 radical (unpaired) electrons. The number of unbranched alkanes of at least 4 members (excludes halogenated alkanes) is 2. The molecule has 0 amide bonds. The summed E-state index contributed by atoms with van der Waals surface area (Å²) in [6.45, 7) is 4.74. The quantitative estimate of drug-likeness (QED) is 0.236. The highest BCUT2D eigenvalue weighted by Crippen LogP contribution is 2.28. The fraction of sp³-hybridized carbons (Fsp3) is 0.286. The molecule has 0 atom stereocenters. The van der Waals surface area contributed by atoms with Gasteiger partial charge in [0.25, 0.3) is 0 Å². The van der Waals surface area contributed by atoms with E-state index >= 15 is 4.39 Å². The molecule has 4 aromatic rings. The number of nitrogens with zero attached hydrogens (tertiary/aromatic N) is 3. The highest BCUT2D eigenvalue weighted by atomic mass is 35.5. The largest absolute Gasteiger partial charge is 0.385 e. The normalized spacial score (nSPS) is 11.6. The summed E-state index contributed by atoms with van der Waals surface area (Å²) in [5.41, 5.74) is 1.72. The van der Waals surface area contributed by atoms with Crippen molar-refractivity contribution < 1.29 is 12.8 Å². The van der Waals surface area contributed by atoms with Crippen LogP contribution in [0.4, 0.5) is 10.1 Å². The number of halogens is 2. The van der Waals surface area contributed by atoms with Crippen LogP contribution in [-0.4, -0.2) is 29.3 Å². The number of nitrogens with two attached hydrogens (primary N) is 1. The summed E-state index contributed by atoms with van der Waals surface area (Å²) in [4.78, 5) is 13.4. The first-order chi connectivity index (χ1) is 18.6. The van der Waals surface area contributed by atoms with E-state index in [0.29, 0.717) is 34.1 Å². The number of sulfonamides is 1. The maximum absolute atomic E-state index is 15.3. The van der Waals surface area contributed by atoms with Gasteiger partial charge in [-0.3, -0.25) is 4.57 Å². The average molecular weight is 572 g/mol. The number of aryl methyl sites for hydroxylation is 1. The Hall–Kier alpha value is -3.47. The molecule has 4 rings (SSSR count). The molecule has 0 saturated heterocycles. The summed E-state index contributed by atoms with van der Waals surface area (Å²) in [5.74, 6) is -0.116. The molecule has 206 valence electrons. The summed E-state index contributed by atoms with van der Waals surface area (Å²) in [6, 6.07) is 15.9. The van der Waals surface area contributed by atoms with Gasteiger partial charge in [0.1, 0.15) is 11.6 Å². The van der Waals surface area contributed by atoms with Crippen molar-refractivity contribution >= 4 is 27.3 Å². The third-order valence-corrected chi connectivity index (χ3v) is 7.71. The van der Waals surface area contributed by atoms with Gasteiger partial charge in [-0.1, -0.05) is 68.6 Å². The maximum Gasteiger partial charge on any atom is 0.351 e. The van der Waals surface area contributed by atoms with Gasteiger partial charge in [-0.25, -0.2) is 22.7 Å². The Morgan fingerprint density at radius 3 is 2.51 bits per heavy atom. The van der Waals surface area contributed by atoms with E-state index in [0.717, 1.165) is 31.5 Å². The molecule has 0 unspecified atom stereocenters. The summed E-state index contributed by atoms with van der Waals surface area (Å²) in [7, 11) is -4.00. The highest BCUT2D eigenvalue weighted by Gasteiger charge is 2.19. The van der Waals surface area contributed by atoms with E-state index in [4.69, 9.17) is 16.7 Å². The Morgan fingerprint density at radius 2 is 1.82 bits per heavy atom. The van der Waals surface area contributed by atoms with Crippen molar-refractivity contribution in [2.75, 3.05) is 11.9 Å². The molecule has 8 nitrogen and oxygen atoms in total. The number of hydrogen-bond acceptors (Lipinski definition) is 5. The van der Waals surface area contributed by atoms with Crippen molar-refractivity contribution in [2.45, 2.75) is 51.0 Å². The second-order valence-electron chi connectivity index (χ2n) is 9.20. The molecule has 0 saturated carbocycles. The van der Waals surface area contributed by atoms with Gasteiger partial charge in [0, 0.05) is 29.8 Å². The lowest BCUT2D eigenvalue weighted by Gasteiger charge is -2.11. The lowest BCUT2D eigenvalue weighted by molar-refractivity contribution is 0.590. The van der Waals surface area contributed by atoms with Crippen molar-refractivity contribution in [2.24, 2.45) is 5.14 Å². The zero-order valence-electron chi connectivity index (χ0n) is 21.8. The van der Waals surface area contributed by atoms with E-state index in [1.807, 2.05) is 13.0 Å². The van der Waals surface area contributed by atoms with Crippen molar-refractivity contribution in [1.82, 2.24) is 14.3 Å². The number of anilines is 1. The van der Waals surface area contributed by atoms with E-state index in [-0.39, 0.29) is 17.0 Å². The van der Waals surface area contributed by atoms with Crippen molar-refractivity contribution in [3.05, 3.63) is 93.4 Å². The molecule has 0 bridgehead atoms. The maximum atomic E-state index is 15.3. The smallest absolute Gasteiger partial charge is 0.351 e. The summed E-state index contributed by atoms with van der Waals surface area (Å²) < 4.78 is 41.9. The minimum atomic E-state index is -4.00. The monoisotopic (exact) mass is 571 g/mol. The Kier molecular flexibility index (Phi) is 8.89. The lowest BCUT2D eigenvalue weighted by atomic mass is 10.0. The Balaban J connectivity index is 1.66. The van der Waals surface area contributed by atoms with Crippen LogP contribution in [0.2, 0.25) is 5.02 Å². The Bertz CT molecular complexity index is 1650. The Labute approximate surface area is 232 Å². The molecule has 0 spiro atoms. The summed E-state index contributed by atoms with van der Waals surface area (Å²) in [5, 5.41) is 13.5. The second kappa shape index (κ2) is 12.1. The van der Waals surface area contributed by atoms with Crippen molar-refractivity contribution in [3.63, 3.8) is 0 Å². The third-order valence-electron chi connectivity index (χ3n) is 6.43. The second-order valence-corrected chi connectivity index (χ2v) is 11.1. The molecule has 39 heavy (non-hydrogen) atoms. The van der Waals surface area contributed by atoms with Crippen LogP contribution in [0.3, 0.4) is 0 Å². The predicted octanol–water partition coefficient (Wildman–Crippen LogP) is 5.35. The van der Waals surface area contributed by atoms with E-state index < -0.39 is 21.5 Å². The Morgan fingerprint density at radius 1 is 1.05 bits per heavy atom. The third kappa shape index (κ3) is 6.41. The lowest BCUT2D eigenvalue weighted by Crippen LogP contribution is -2.25. The topological polar surface area (TPSA) is 112 Å². The van der Waals surface area contributed by atoms with Crippen LogP contribution in [0.15, 0.2) is 70.4 Å². The number of benzene rings is 3. The standard InChI is InChI=1S/C28H31ClFN5O3S/c1-3-5-8-15-32-21-13-14-23(29)25(17-21)35-28(36)34(27(4-2)33-35)18-20-12-11-19(16-24(20)30)22-9-6-7-10-26(22)39(31,37)38/h6-7,9-14,16-17,32H,3-5,8,15,18H2,1-2H3,(H2,31,37,38).